The van der Waals surface area contributed by atoms with E-state index in [9.17, 15) is 10.2 Å². The van der Waals surface area contributed by atoms with E-state index in [1.54, 1.807) is 6.07 Å². The lowest BCUT2D eigenvalue weighted by Gasteiger charge is -2.46. The topological polar surface area (TPSA) is 49.7 Å². The SMILES string of the molecule is [2H]C([2H])([2H])C([2H])([2H])CCCc1cc(O)c2c(c1)OC(C)(C)[C@@H]1CCC(CO)=C[C@@H]21. The number of ether oxygens (including phenoxy) is 1. The lowest BCUT2D eigenvalue weighted by molar-refractivity contribution is 0.0100. The number of phenols is 1. The van der Waals surface area contributed by atoms with Crippen molar-refractivity contribution in [2.24, 2.45) is 5.92 Å². The van der Waals surface area contributed by atoms with Gasteiger partial charge in [0.1, 0.15) is 17.1 Å². The quantitative estimate of drug-likeness (QED) is 0.766. The highest BCUT2D eigenvalue weighted by molar-refractivity contribution is 5.54. The van der Waals surface area contributed by atoms with Crippen LogP contribution in [0.3, 0.4) is 0 Å². The molecule has 1 aliphatic heterocycles. The molecule has 0 saturated carbocycles. The van der Waals surface area contributed by atoms with E-state index in [0.717, 1.165) is 29.5 Å². The molecule has 132 valence electrons. The molecule has 2 N–H and O–H groups in total. The number of aromatic hydroxyl groups is 1. The molecule has 0 radical (unpaired) electrons. The number of aliphatic hydroxyl groups excluding tert-OH is 1. The van der Waals surface area contributed by atoms with Crippen LogP contribution < -0.4 is 4.74 Å². The summed E-state index contributed by atoms with van der Waals surface area (Å²) in [6.07, 6.45) is 2.25. The van der Waals surface area contributed by atoms with E-state index < -0.39 is 18.8 Å². The van der Waals surface area contributed by atoms with Crippen LogP contribution in [0.15, 0.2) is 23.8 Å². The fourth-order valence-electron chi connectivity index (χ4n) is 4.14. The summed E-state index contributed by atoms with van der Waals surface area (Å²) in [5.74, 6) is 0.926. The summed E-state index contributed by atoms with van der Waals surface area (Å²) >= 11 is 0. The summed E-state index contributed by atoms with van der Waals surface area (Å²) in [6, 6.07) is 3.54. The molecule has 24 heavy (non-hydrogen) atoms. The molecule has 2 atom stereocenters. The third-order valence-electron chi connectivity index (χ3n) is 5.37. The van der Waals surface area contributed by atoms with Gasteiger partial charge in [-0.1, -0.05) is 25.7 Å². The van der Waals surface area contributed by atoms with Crippen molar-refractivity contribution < 1.29 is 21.8 Å². The zero-order valence-corrected chi connectivity index (χ0v) is 14.4. The standard InChI is InChI=1S/C21H30O3/c1-4-5-6-7-14-11-18(23)20-16-10-15(13-22)8-9-17(16)21(2,3)24-19(20)12-14/h10-12,16-17,22-23H,4-9,13H2,1-3H3/t16-,17-/m1/s1/i1D3,4D2. The molecule has 1 aromatic rings. The third-order valence-corrected chi connectivity index (χ3v) is 5.37. The van der Waals surface area contributed by atoms with Crippen molar-refractivity contribution in [3.63, 3.8) is 0 Å². The van der Waals surface area contributed by atoms with E-state index in [1.807, 2.05) is 19.9 Å². The molecule has 3 rings (SSSR count). The summed E-state index contributed by atoms with van der Waals surface area (Å²) in [6.45, 7) is 1.45. The van der Waals surface area contributed by atoms with E-state index in [-0.39, 0.29) is 30.6 Å². The maximum Gasteiger partial charge on any atom is 0.127 e. The molecule has 1 aromatic carbocycles. The molecule has 0 aromatic heterocycles. The van der Waals surface area contributed by atoms with Crippen molar-refractivity contribution in [3.8, 4) is 11.5 Å². The Labute approximate surface area is 152 Å². The van der Waals surface area contributed by atoms with Crippen molar-refractivity contribution in [1.29, 1.82) is 0 Å². The van der Waals surface area contributed by atoms with Crippen molar-refractivity contribution in [2.45, 2.75) is 70.7 Å². The average molecular weight is 335 g/mol. The minimum absolute atomic E-state index is 0.0180. The van der Waals surface area contributed by atoms with Crippen LogP contribution in [0.5, 0.6) is 11.5 Å². The van der Waals surface area contributed by atoms with Crippen molar-refractivity contribution >= 4 is 0 Å². The van der Waals surface area contributed by atoms with Crippen molar-refractivity contribution in [1.82, 2.24) is 0 Å². The number of allylic oxidation sites excluding steroid dienone is 1. The van der Waals surface area contributed by atoms with Crippen molar-refractivity contribution in [2.75, 3.05) is 6.61 Å². The van der Waals surface area contributed by atoms with Crippen LogP contribution in [0.2, 0.25) is 0 Å². The molecule has 2 aliphatic rings. The molecule has 0 bridgehead atoms. The summed E-state index contributed by atoms with van der Waals surface area (Å²) in [4.78, 5) is 0. The minimum atomic E-state index is -2.65. The largest absolute Gasteiger partial charge is 0.507 e. The smallest absolute Gasteiger partial charge is 0.127 e. The van der Waals surface area contributed by atoms with Crippen LogP contribution in [-0.4, -0.2) is 22.4 Å². The van der Waals surface area contributed by atoms with E-state index in [0.29, 0.717) is 18.6 Å². The Morgan fingerprint density at radius 3 is 2.96 bits per heavy atom. The number of fused-ring (bicyclic) bond motifs is 3. The zero-order valence-electron chi connectivity index (χ0n) is 19.4. The van der Waals surface area contributed by atoms with Gasteiger partial charge < -0.3 is 14.9 Å². The summed E-state index contributed by atoms with van der Waals surface area (Å²) in [7, 11) is 0. The second-order valence-electron chi connectivity index (χ2n) is 7.42. The molecule has 3 heteroatoms. The van der Waals surface area contributed by atoms with Crippen molar-refractivity contribution in [3.05, 3.63) is 34.9 Å². The molecule has 3 nitrogen and oxygen atoms in total. The van der Waals surface area contributed by atoms with Gasteiger partial charge >= 0.3 is 0 Å². The summed E-state index contributed by atoms with van der Waals surface area (Å²) in [5.41, 5.74) is 2.09. The maximum atomic E-state index is 10.8. The fourth-order valence-corrected chi connectivity index (χ4v) is 4.14. The van der Waals surface area contributed by atoms with Crippen LogP contribution in [0, 0.1) is 5.92 Å². The molecule has 1 aliphatic carbocycles. The average Bonchev–Trinajstić information content (AvgIpc) is 2.59. The number of aliphatic hydroxyl groups is 1. The normalized spacial score (nSPS) is 28.8. The van der Waals surface area contributed by atoms with Gasteiger partial charge in [0.05, 0.1) is 6.61 Å². The first-order chi connectivity index (χ1) is 13.4. The zero-order chi connectivity index (χ0) is 21.6. The van der Waals surface area contributed by atoms with Gasteiger partial charge in [-0.2, -0.15) is 0 Å². The van der Waals surface area contributed by atoms with Gasteiger partial charge in [0, 0.05) is 24.3 Å². The Morgan fingerprint density at radius 2 is 2.21 bits per heavy atom. The first-order valence-corrected chi connectivity index (χ1v) is 8.71. The van der Waals surface area contributed by atoms with E-state index in [2.05, 4.69) is 6.08 Å². The molecule has 1 heterocycles. The Morgan fingerprint density at radius 1 is 1.38 bits per heavy atom. The number of hydrogen-bond donors (Lipinski definition) is 2. The van der Waals surface area contributed by atoms with Gasteiger partial charge in [-0.3, -0.25) is 0 Å². The molecule has 0 saturated heterocycles. The number of rotatable bonds is 5. The third kappa shape index (κ3) is 3.19. The van der Waals surface area contributed by atoms with Crippen LogP contribution in [0.1, 0.15) is 76.7 Å². The first kappa shape index (κ1) is 12.0. The molecular formula is C21H30O3. The van der Waals surface area contributed by atoms with E-state index in [1.165, 1.54) is 0 Å². The van der Waals surface area contributed by atoms with Gasteiger partial charge in [0.15, 0.2) is 0 Å². The molecule has 0 amide bonds. The monoisotopic (exact) mass is 335 g/mol. The Hall–Kier alpha value is -1.48. The second-order valence-corrected chi connectivity index (χ2v) is 7.42. The molecule has 0 fully saturated rings. The van der Waals surface area contributed by atoms with Crippen LogP contribution in [0.25, 0.3) is 0 Å². The highest BCUT2D eigenvalue weighted by Crippen LogP contribution is 2.53. The Bertz CT molecular complexity index is 798. The highest BCUT2D eigenvalue weighted by atomic mass is 16.5. The fraction of sp³-hybridized carbons (Fsp3) is 0.619. The Balaban J connectivity index is 1.85. The number of benzene rings is 1. The predicted molar refractivity (Wildman–Crippen MR) is 96.7 cm³/mol. The van der Waals surface area contributed by atoms with Crippen LogP contribution in [0.4, 0.5) is 0 Å². The molecule has 0 spiro atoms. The predicted octanol–water partition coefficient (Wildman–Crippen LogP) is 4.71. The first-order valence-electron chi connectivity index (χ1n) is 11.2. The van der Waals surface area contributed by atoms with E-state index in [4.69, 9.17) is 11.6 Å². The lowest BCUT2D eigenvalue weighted by Crippen LogP contribution is -2.45. The summed E-state index contributed by atoms with van der Waals surface area (Å²) < 4.78 is 43.7. The minimum Gasteiger partial charge on any atom is -0.507 e. The molecular weight excluding hydrogens is 300 g/mol. The highest BCUT2D eigenvalue weighted by Gasteiger charge is 2.45. The van der Waals surface area contributed by atoms with Crippen LogP contribution in [-0.2, 0) is 6.42 Å². The maximum absolute atomic E-state index is 10.8. The van der Waals surface area contributed by atoms with Gasteiger partial charge in [0.2, 0.25) is 0 Å². The van der Waals surface area contributed by atoms with Gasteiger partial charge in [-0.25, -0.2) is 0 Å². The summed E-state index contributed by atoms with van der Waals surface area (Å²) in [5, 5.41) is 20.3. The number of hydrogen-bond acceptors (Lipinski definition) is 3. The van der Waals surface area contributed by atoms with Gasteiger partial charge in [-0.05, 0) is 62.8 Å². The number of aryl methyl sites for hydroxylation is 1. The van der Waals surface area contributed by atoms with E-state index >= 15 is 0 Å². The van der Waals surface area contributed by atoms with Gasteiger partial charge in [0.25, 0.3) is 0 Å². The lowest BCUT2D eigenvalue weighted by atomic mass is 9.68. The second kappa shape index (κ2) is 6.79. The molecule has 0 unspecified atom stereocenters. The van der Waals surface area contributed by atoms with Crippen LogP contribution >= 0.6 is 0 Å². The van der Waals surface area contributed by atoms with Gasteiger partial charge in [-0.15, -0.1) is 0 Å². The Kier molecular flexibility index (Phi) is 3.39. The number of phenolic OH excluding ortho intramolecular Hbond substituents is 1.